The summed E-state index contributed by atoms with van der Waals surface area (Å²) in [6, 6.07) is 10.7. The number of thioether (sulfide) groups is 1. The van der Waals surface area contributed by atoms with Gasteiger partial charge < -0.3 is 9.64 Å². The van der Waals surface area contributed by atoms with E-state index in [0.717, 1.165) is 10.5 Å². The van der Waals surface area contributed by atoms with Gasteiger partial charge >= 0.3 is 0 Å². The van der Waals surface area contributed by atoms with Gasteiger partial charge in [0, 0.05) is 23.6 Å². The number of benzene rings is 2. The monoisotopic (exact) mass is 446 g/mol. The van der Waals surface area contributed by atoms with E-state index in [9.17, 15) is 13.2 Å². The summed E-state index contributed by atoms with van der Waals surface area (Å²) in [5, 5.41) is 0.253. The smallest absolute Gasteiger partial charge is 0.264 e. The minimum Gasteiger partial charge on any atom is -0.486 e. The first-order chi connectivity index (χ1) is 14.2. The number of fused-ring (bicyclic) bond motifs is 2. The first kappa shape index (κ1) is 21.1. The third-order valence-electron chi connectivity index (χ3n) is 5.46. The number of anilines is 2. The molecule has 0 unspecified atom stereocenters. The molecule has 30 heavy (non-hydrogen) atoms. The standard InChI is InChI=1S/C22H26N2O4S2/c1-5-17-13-24(19-10-14(2)6-8-21(19)28-17)30(26,27)18-7-9-22-20(11-18)23(16(4)25)12-15(3)29-22/h6-11,15,17H,5,12-13H2,1-4H3/t15-,17+/m1/s1. The lowest BCUT2D eigenvalue weighted by Crippen LogP contribution is -2.43. The molecule has 0 aromatic heterocycles. The average Bonchev–Trinajstić information content (AvgIpc) is 2.71. The number of rotatable bonds is 3. The van der Waals surface area contributed by atoms with Gasteiger partial charge in [-0.25, -0.2) is 8.42 Å². The van der Waals surface area contributed by atoms with Crippen LogP contribution in [-0.4, -0.2) is 38.8 Å². The third kappa shape index (κ3) is 3.67. The van der Waals surface area contributed by atoms with Crippen molar-refractivity contribution in [3.8, 4) is 5.75 Å². The van der Waals surface area contributed by atoms with Crippen molar-refractivity contribution in [3.63, 3.8) is 0 Å². The number of amides is 1. The minimum atomic E-state index is -3.83. The van der Waals surface area contributed by atoms with Crippen molar-refractivity contribution in [2.24, 2.45) is 0 Å². The summed E-state index contributed by atoms with van der Waals surface area (Å²) in [6.45, 7) is 8.31. The summed E-state index contributed by atoms with van der Waals surface area (Å²) in [6.07, 6.45) is 0.494. The van der Waals surface area contributed by atoms with Crippen molar-refractivity contribution in [1.29, 1.82) is 0 Å². The van der Waals surface area contributed by atoms with Gasteiger partial charge in [0.1, 0.15) is 11.9 Å². The lowest BCUT2D eigenvalue weighted by atomic mass is 10.1. The summed E-state index contributed by atoms with van der Waals surface area (Å²) in [4.78, 5) is 15.0. The van der Waals surface area contributed by atoms with Gasteiger partial charge in [-0.15, -0.1) is 11.8 Å². The van der Waals surface area contributed by atoms with Crippen molar-refractivity contribution in [2.45, 2.75) is 55.3 Å². The number of carbonyl (C=O) groups is 1. The van der Waals surface area contributed by atoms with Gasteiger partial charge in [0.2, 0.25) is 5.91 Å². The molecule has 2 atom stereocenters. The van der Waals surface area contributed by atoms with E-state index in [4.69, 9.17) is 4.74 Å². The summed E-state index contributed by atoms with van der Waals surface area (Å²) >= 11 is 1.66. The van der Waals surface area contributed by atoms with Gasteiger partial charge in [-0.3, -0.25) is 9.10 Å². The maximum atomic E-state index is 13.7. The zero-order valence-corrected chi connectivity index (χ0v) is 19.2. The molecule has 4 rings (SSSR count). The second-order valence-electron chi connectivity index (χ2n) is 7.84. The molecule has 2 aliphatic rings. The average molecular weight is 447 g/mol. The number of sulfonamides is 1. The van der Waals surface area contributed by atoms with Crippen LogP contribution in [0.4, 0.5) is 11.4 Å². The van der Waals surface area contributed by atoms with Gasteiger partial charge in [-0.2, -0.15) is 0 Å². The Labute approximate surface area is 182 Å². The van der Waals surface area contributed by atoms with E-state index in [-0.39, 0.29) is 28.7 Å². The summed E-state index contributed by atoms with van der Waals surface area (Å²) in [7, 11) is -3.83. The molecule has 0 N–H and O–H groups in total. The highest BCUT2D eigenvalue weighted by Crippen LogP contribution is 2.42. The van der Waals surface area contributed by atoms with Crippen LogP contribution in [0.15, 0.2) is 46.2 Å². The van der Waals surface area contributed by atoms with E-state index >= 15 is 0 Å². The first-order valence-corrected chi connectivity index (χ1v) is 12.4. The summed E-state index contributed by atoms with van der Waals surface area (Å²) in [5.74, 6) is 0.492. The maximum Gasteiger partial charge on any atom is 0.264 e. The first-order valence-electron chi connectivity index (χ1n) is 10.1. The molecule has 6 nitrogen and oxygen atoms in total. The molecule has 2 heterocycles. The molecular weight excluding hydrogens is 420 g/mol. The van der Waals surface area contributed by atoms with E-state index < -0.39 is 10.0 Å². The predicted octanol–water partition coefficient (Wildman–Crippen LogP) is 4.21. The summed E-state index contributed by atoms with van der Waals surface area (Å²) in [5.41, 5.74) is 2.19. The second kappa shape index (κ2) is 7.81. The van der Waals surface area contributed by atoms with Crippen LogP contribution >= 0.6 is 11.8 Å². The molecular formula is C22H26N2O4S2. The van der Waals surface area contributed by atoms with Crippen molar-refractivity contribution in [1.82, 2.24) is 0 Å². The fourth-order valence-electron chi connectivity index (χ4n) is 3.87. The van der Waals surface area contributed by atoms with Crippen LogP contribution in [0.5, 0.6) is 5.75 Å². The zero-order valence-electron chi connectivity index (χ0n) is 17.6. The third-order valence-corrected chi connectivity index (χ3v) is 8.39. The molecule has 0 saturated carbocycles. The zero-order chi connectivity index (χ0) is 21.6. The topological polar surface area (TPSA) is 66.9 Å². The molecule has 2 aromatic carbocycles. The van der Waals surface area contributed by atoms with Crippen molar-refractivity contribution >= 4 is 39.1 Å². The van der Waals surface area contributed by atoms with Gasteiger partial charge in [-0.05, 0) is 49.2 Å². The minimum absolute atomic E-state index is 0.0867. The van der Waals surface area contributed by atoms with Crippen molar-refractivity contribution in [2.75, 3.05) is 22.3 Å². The molecule has 0 fully saturated rings. The molecule has 0 radical (unpaired) electrons. The van der Waals surface area contributed by atoms with Crippen LogP contribution in [0, 0.1) is 6.92 Å². The molecule has 0 saturated heterocycles. The van der Waals surface area contributed by atoms with Crippen LogP contribution in [-0.2, 0) is 14.8 Å². The highest BCUT2D eigenvalue weighted by atomic mass is 32.2. The second-order valence-corrected chi connectivity index (χ2v) is 11.2. The normalized spacial score (nSPS) is 20.9. The number of ether oxygens (including phenoxy) is 1. The Balaban J connectivity index is 1.81. The Hall–Kier alpha value is -2.19. The molecule has 0 spiro atoms. The van der Waals surface area contributed by atoms with E-state index in [0.29, 0.717) is 30.1 Å². The Morgan fingerprint density at radius 1 is 1.17 bits per heavy atom. The Morgan fingerprint density at radius 3 is 2.63 bits per heavy atom. The Kier molecular flexibility index (Phi) is 5.48. The van der Waals surface area contributed by atoms with Crippen LogP contribution in [0.2, 0.25) is 0 Å². The van der Waals surface area contributed by atoms with Crippen LogP contribution in [0.25, 0.3) is 0 Å². The van der Waals surface area contributed by atoms with E-state index in [2.05, 4.69) is 6.92 Å². The number of hydrogen-bond acceptors (Lipinski definition) is 5. The molecule has 8 heteroatoms. The van der Waals surface area contributed by atoms with Crippen LogP contribution in [0.3, 0.4) is 0 Å². The van der Waals surface area contributed by atoms with Gasteiger partial charge in [0.15, 0.2) is 0 Å². The highest BCUT2D eigenvalue weighted by Gasteiger charge is 2.35. The molecule has 2 aromatic rings. The highest BCUT2D eigenvalue weighted by molar-refractivity contribution is 8.00. The van der Waals surface area contributed by atoms with Crippen molar-refractivity contribution in [3.05, 3.63) is 42.0 Å². The molecule has 0 aliphatic carbocycles. The maximum absolute atomic E-state index is 13.7. The van der Waals surface area contributed by atoms with Gasteiger partial charge in [0.25, 0.3) is 10.0 Å². The molecule has 160 valence electrons. The number of aryl methyl sites for hydroxylation is 1. The molecule has 1 amide bonds. The number of hydrogen-bond donors (Lipinski definition) is 0. The van der Waals surface area contributed by atoms with E-state index in [1.54, 1.807) is 28.8 Å². The molecule has 0 bridgehead atoms. The van der Waals surface area contributed by atoms with E-state index in [1.807, 2.05) is 38.1 Å². The largest absolute Gasteiger partial charge is 0.486 e. The predicted molar refractivity (Wildman–Crippen MR) is 120 cm³/mol. The van der Waals surface area contributed by atoms with Gasteiger partial charge in [0.05, 0.1) is 22.8 Å². The lowest BCUT2D eigenvalue weighted by Gasteiger charge is -2.36. The SMILES string of the molecule is CC[C@H]1CN(S(=O)(=O)c2ccc3c(c2)N(C(C)=O)C[C@@H](C)S3)c2cc(C)ccc2O1. The Morgan fingerprint density at radius 2 is 1.93 bits per heavy atom. The van der Waals surface area contributed by atoms with Crippen LogP contribution < -0.4 is 13.9 Å². The fourth-order valence-corrected chi connectivity index (χ4v) is 6.48. The molecule has 2 aliphatic heterocycles. The number of nitrogens with zero attached hydrogens (tertiary/aromatic N) is 2. The van der Waals surface area contributed by atoms with Crippen molar-refractivity contribution < 1.29 is 17.9 Å². The quantitative estimate of drug-likeness (QED) is 0.707. The fraction of sp³-hybridized carbons (Fsp3) is 0.409. The lowest BCUT2D eigenvalue weighted by molar-refractivity contribution is -0.116. The van der Waals surface area contributed by atoms with E-state index in [1.165, 1.54) is 11.2 Å². The van der Waals surface area contributed by atoms with Crippen LogP contribution in [0.1, 0.15) is 32.8 Å². The Bertz CT molecular complexity index is 1100. The number of carbonyl (C=O) groups excluding carboxylic acids is 1. The summed E-state index contributed by atoms with van der Waals surface area (Å²) < 4.78 is 34.9. The van der Waals surface area contributed by atoms with Gasteiger partial charge in [-0.1, -0.05) is 19.9 Å².